The van der Waals surface area contributed by atoms with Crippen molar-refractivity contribution >= 4 is 11.7 Å². The molecule has 2 amide bonds. The maximum atomic E-state index is 12.5. The van der Waals surface area contributed by atoms with Crippen molar-refractivity contribution < 1.29 is 4.79 Å². The second-order valence-corrected chi connectivity index (χ2v) is 6.07. The zero-order valence-electron chi connectivity index (χ0n) is 14.1. The Morgan fingerprint density at radius 1 is 1.19 bits per heavy atom. The number of carbonyl (C=O) groups excluding carboxylic acids is 1. The Kier molecular flexibility index (Phi) is 4.57. The smallest absolute Gasteiger partial charge is 0.320 e. The SMILES string of the molecule is O=C(Nc1cnc2c(c1)CNCC2)NC(c1ccccc1)c1ncn[nH]1. The van der Waals surface area contributed by atoms with Crippen LogP contribution in [0.2, 0.25) is 0 Å². The van der Waals surface area contributed by atoms with Gasteiger partial charge in [-0.3, -0.25) is 10.1 Å². The van der Waals surface area contributed by atoms with Gasteiger partial charge in [0.15, 0.2) is 5.82 Å². The van der Waals surface area contributed by atoms with Crippen LogP contribution < -0.4 is 16.0 Å². The van der Waals surface area contributed by atoms with Gasteiger partial charge < -0.3 is 16.0 Å². The first-order valence-electron chi connectivity index (χ1n) is 8.46. The summed E-state index contributed by atoms with van der Waals surface area (Å²) in [5.41, 5.74) is 3.77. The second-order valence-electron chi connectivity index (χ2n) is 6.07. The fourth-order valence-corrected chi connectivity index (χ4v) is 3.02. The number of amides is 2. The predicted molar refractivity (Wildman–Crippen MR) is 96.5 cm³/mol. The molecule has 1 aliphatic heterocycles. The molecule has 4 N–H and O–H groups in total. The number of pyridine rings is 1. The van der Waals surface area contributed by atoms with Crippen molar-refractivity contribution in [1.82, 2.24) is 30.8 Å². The minimum atomic E-state index is -0.425. The molecule has 0 saturated carbocycles. The van der Waals surface area contributed by atoms with Crippen molar-refractivity contribution in [1.29, 1.82) is 0 Å². The quantitative estimate of drug-likeness (QED) is 0.574. The average Bonchev–Trinajstić information content (AvgIpc) is 3.21. The van der Waals surface area contributed by atoms with E-state index in [0.29, 0.717) is 11.5 Å². The van der Waals surface area contributed by atoms with Crippen LogP contribution in [0, 0.1) is 0 Å². The molecule has 8 heteroatoms. The number of aromatic amines is 1. The lowest BCUT2D eigenvalue weighted by Gasteiger charge is -2.19. The van der Waals surface area contributed by atoms with Crippen molar-refractivity contribution in [3.63, 3.8) is 0 Å². The molecule has 1 aromatic carbocycles. The van der Waals surface area contributed by atoms with Crippen LogP contribution in [0.25, 0.3) is 0 Å². The molecule has 2 aromatic heterocycles. The molecule has 0 fully saturated rings. The molecule has 0 spiro atoms. The number of nitrogens with zero attached hydrogens (tertiary/aromatic N) is 3. The Morgan fingerprint density at radius 3 is 2.88 bits per heavy atom. The van der Waals surface area contributed by atoms with Gasteiger partial charge in [-0.2, -0.15) is 5.10 Å². The van der Waals surface area contributed by atoms with Gasteiger partial charge in [-0.05, 0) is 17.2 Å². The fraction of sp³-hybridized carbons (Fsp3) is 0.222. The van der Waals surface area contributed by atoms with Crippen molar-refractivity contribution in [3.05, 3.63) is 71.6 Å². The summed E-state index contributed by atoms with van der Waals surface area (Å²) in [6.07, 6.45) is 4.02. The molecule has 1 aliphatic rings. The molecular formula is C18H19N7O. The highest BCUT2D eigenvalue weighted by Gasteiger charge is 2.20. The molecule has 3 aromatic rings. The summed E-state index contributed by atoms with van der Waals surface area (Å²) in [6, 6.07) is 10.8. The molecule has 8 nitrogen and oxygen atoms in total. The third kappa shape index (κ3) is 3.55. The number of anilines is 1. The number of urea groups is 1. The number of fused-ring (bicyclic) bond motifs is 1. The van der Waals surface area contributed by atoms with E-state index in [1.165, 1.54) is 6.33 Å². The highest BCUT2D eigenvalue weighted by atomic mass is 16.2. The predicted octanol–water partition coefficient (Wildman–Crippen LogP) is 1.76. The summed E-state index contributed by atoms with van der Waals surface area (Å²) in [5, 5.41) is 15.8. The van der Waals surface area contributed by atoms with Gasteiger partial charge in [0.1, 0.15) is 12.4 Å². The molecule has 132 valence electrons. The summed E-state index contributed by atoms with van der Waals surface area (Å²) < 4.78 is 0. The lowest BCUT2D eigenvalue weighted by Crippen LogP contribution is -2.34. The number of nitrogens with one attached hydrogen (secondary N) is 4. The third-order valence-electron chi connectivity index (χ3n) is 4.29. The van der Waals surface area contributed by atoms with E-state index >= 15 is 0 Å². The lowest BCUT2D eigenvalue weighted by molar-refractivity contribution is 0.249. The molecule has 0 saturated heterocycles. The van der Waals surface area contributed by atoms with Crippen molar-refractivity contribution in [3.8, 4) is 0 Å². The van der Waals surface area contributed by atoms with Gasteiger partial charge in [0.05, 0.1) is 11.9 Å². The van der Waals surface area contributed by atoms with Crippen LogP contribution in [-0.4, -0.2) is 32.7 Å². The number of rotatable bonds is 4. The van der Waals surface area contributed by atoms with Crippen LogP contribution in [-0.2, 0) is 13.0 Å². The van der Waals surface area contributed by atoms with Gasteiger partial charge in [0.25, 0.3) is 0 Å². The van der Waals surface area contributed by atoms with Crippen LogP contribution in [0.1, 0.15) is 28.7 Å². The molecule has 1 unspecified atom stereocenters. The molecule has 26 heavy (non-hydrogen) atoms. The van der Waals surface area contributed by atoms with E-state index in [9.17, 15) is 4.79 Å². The minimum absolute atomic E-state index is 0.333. The zero-order chi connectivity index (χ0) is 17.8. The van der Waals surface area contributed by atoms with Gasteiger partial charge in [-0.25, -0.2) is 9.78 Å². The molecule has 0 aliphatic carbocycles. The van der Waals surface area contributed by atoms with Gasteiger partial charge in [-0.1, -0.05) is 30.3 Å². The van der Waals surface area contributed by atoms with Gasteiger partial charge in [0.2, 0.25) is 0 Å². The lowest BCUT2D eigenvalue weighted by atomic mass is 10.1. The van der Waals surface area contributed by atoms with Crippen LogP contribution in [0.3, 0.4) is 0 Å². The minimum Gasteiger partial charge on any atom is -0.324 e. The fourth-order valence-electron chi connectivity index (χ4n) is 3.02. The van der Waals surface area contributed by atoms with Gasteiger partial charge >= 0.3 is 6.03 Å². The number of carbonyl (C=O) groups is 1. The van der Waals surface area contributed by atoms with E-state index in [-0.39, 0.29) is 6.03 Å². The Hall–Kier alpha value is -3.26. The largest absolute Gasteiger partial charge is 0.324 e. The summed E-state index contributed by atoms with van der Waals surface area (Å²) in [4.78, 5) is 21.2. The second kappa shape index (κ2) is 7.32. The van der Waals surface area contributed by atoms with Gasteiger partial charge in [-0.15, -0.1) is 0 Å². The zero-order valence-corrected chi connectivity index (χ0v) is 14.1. The van der Waals surface area contributed by atoms with Crippen LogP contribution in [0.4, 0.5) is 10.5 Å². The van der Waals surface area contributed by atoms with E-state index in [1.807, 2.05) is 36.4 Å². The maximum Gasteiger partial charge on any atom is 0.320 e. The number of hydrogen-bond acceptors (Lipinski definition) is 5. The van der Waals surface area contributed by atoms with Crippen LogP contribution in [0.15, 0.2) is 48.9 Å². The van der Waals surface area contributed by atoms with Crippen LogP contribution in [0.5, 0.6) is 0 Å². The van der Waals surface area contributed by atoms with Gasteiger partial charge in [0, 0.05) is 25.2 Å². The monoisotopic (exact) mass is 349 g/mol. The van der Waals surface area contributed by atoms with E-state index < -0.39 is 6.04 Å². The number of benzene rings is 1. The van der Waals surface area contributed by atoms with Crippen LogP contribution >= 0.6 is 0 Å². The first-order valence-corrected chi connectivity index (χ1v) is 8.46. The summed E-state index contributed by atoms with van der Waals surface area (Å²) in [7, 11) is 0. The Labute approximate surface area is 150 Å². The van der Waals surface area contributed by atoms with E-state index in [4.69, 9.17) is 0 Å². The van der Waals surface area contributed by atoms with Crippen molar-refractivity contribution in [2.45, 2.75) is 19.0 Å². The molecular weight excluding hydrogens is 330 g/mol. The topological polar surface area (TPSA) is 108 Å². The Bertz CT molecular complexity index is 880. The molecule has 1 atom stereocenters. The third-order valence-corrected chi connectivity index (χ3v) is 4.29. The Balaban J connectivity index is 1.50. The Morgan fingerprint density at radius 2 is 2.08 bits per heavy atom. The molecule has 4 rings (SSSR count). The molecule has 0 radical (unpaired) electrons. The van der Waals surface area contributed by atoms with Crippen molar-refractivity contribution in [2.24, 2.45) is 0 Å². The standard InChI is InChI=1S/C18H19N7O/c26-18(23-14-8-13-9-19-7-6-15(13)20-10-14)24-16(17-21-11-22-25-17)12-4-2-1-3-5-12/h1-5,8,10-11,16,19H,6-7,9H2,(H,21,22,25)(H2,23,24,26). The number of aromatic nitrogens is 4. The van der Waals surface area contributed by atoms with Crippen molar-refractivity contribution in [2.75, 3.05) is 11.9 Å². The summed E-state index contributed by atoms with van der Waals surface area (Å²) in [5.74, 6) is 0.569. The van der Waals surface area contributed by atoms with E-state index in [2.05, 4.69) is 36.1 Å². The maximum absolute atomic E-state index is 12.5. The normalized spacial score (nSPS) is 14.3. The highest BCUT2D eigenvalue weighted by molar-refractivity contribution is 5.89. The summed E-state index contributed by atoms with van der Waals surface area (Å²) in [6.45, 7) is 1.70. The summed E-state index contributed by atoms with van der Waals surface area (Å²) >= 11 is 0. The van der Waals surface area contributed by atoms with E-state index in [0.717, 1.165) is 36.3 Å². The first kappa shape index (κ1) is 16.2. The first-order chi connectivity index (χ1) is 12.8. The van der Waals surface area contributed by atoms with E-state index in [1.54, 1.807) is 6.20 Å². The molecule has 0 bridgehead atoms. The average molecular weight is 349 g/mol. The number of hydrogen-bond donors (Lipinski definition) is 4. The number of H-pyrrole nitrogens is 1. The highest BCUT2D eigenvalue weighted by Crippen LogP contribution is 2.19. The molecule has 3 heterocycles.